The second-order valence-corrected chi connectivity index (χ2v) is 8.42. The summed E-state index contributed by atoms with van der Waals surface area (Å²) in [4.78, 5) is 14.0. The Bertz CT molecular complexity index is 559. The fourth-order valence-corrected chi connectivity index (χ4v) is 3.64. The molecule has 2 heterocycles. The van der Waals surface area contributed by atoms with Crippen LogP contribution in [-0.4, -0.2) is 46.0 Å². The molecule has 1 aromatic heterocycles. The fourth-order valence-electron chi connectivity index (χ4n) is 3.35. The fraction of sp³-hybridized carbons (Fsp3) is 0.688. The number of nitrogens with zero attached hydrogens (tertiary/aromatic N) is 3. The zero-order chi connectivity index (χ0) is 16.6. The largest absolute Gasteiger partial charge is 0.473 e. The topological polar surface area (TPSA) is 64.5 Å². The van der Waals surface area contributed by atoms with E-state index in [2.05, 4.69) is 32.8 Å². The lowest BCUT2D eigenvalue weighted by Gasteiger charge is -2.25. The lowest BCUT2D eigenvalue weighted by Crippen LogP contribution is -2.36. The summed E-state index contributed by atoms with van der Waals surface area (Å²) in [7, 11) is 0. The first kappa shape index (κ1) is 16.7. The molecular formula is C16H22IN3O3. The Hall–Kier alpha value is -1.12. The molecule has 1 aliphatic heterocycles. The van der Waals surface area contributed by atoms with Crippen LogP contribution >= 0.6 is 22.6 Å². The summed E-state index contributed by atoms with van der Waals surface area (Å²) in [6.45, 7) is 7.21. The van der Waals surface area contributed by atoms with Crippen molar-refractivity contribution in [2.24, 2.45) is 11.8 Å². The minimum Gasteiger partial charge on any atom is -0.473 e. The lowest BCUT2D eigenvalue weighted by molar-refractivity contribution is 0.0271. The number of carbonyl (C=O) groups excluding carboxylic acids is 1. The Balaban J connectivity index is 1.51. The standard InChI is InChI=1S/C16H22IN3O3/c1-16(2,3)23-15(21)20-8-10-6-12(7-11(10)9-20)22-14-5-4-13(17)18-19-14/h4-5,10-12H,6-9H2,1-3H3/t10-,11+,12+. The van der Waals surface area contributed by atoms with Crippen molar-refractivity contribution >= 4 is 28.7 Å². The van der Waals surface area contributed by atoms with E-state index < -0.39 is 5.60 Å². The van der Waals surface area contributed by atoms with E-state index in [1.165, 1.54) is 0 Å². The van der Waals surface area contributed by atoms with Gasteiger partial charge in [-0.15, -0.1) is 10.2 Å². The van der Waals surface area contributed by atoms with E-state index in [0.29, 0.717) is 17.7 Å². The smallest absolute Gasteiger partial charge is 0.410 e. The van der Waals surface area contributed by atoms with Gasteiger partial charge in [-0.25, -0.2) is 4.79 Å². The second kappa shape index (κ2) is 6.41. The van der Waals surface area contributed by atoms with Crippen molar-refractivity contribution in [2.75, 3.05) is 13.1 Å². The van der Waals surface area contributed by atoms with Crippen LogP contribution in [-0.2, 0) is 4.74 Å². The normalized spacial score (nSPS) is 27.0. The summed E-state index contributed by atoms with van der Waals surface area (Å²) in [5, 5.41) is 8.06. The molecule has 0 radical (unpaired) electrons. The van der Waals surface area contributed by atoms with Crippen molar-refractivity contribution in [2.45, 2.75) is 45.3 Å². The summed E-state index contributed by atoms with van der Waals surface area (Å²) in [6.07, 6.45) is 1.88. The molecule has 6 nitrogen and oxygen atoms in total. The first-order chi connectivity index (χ1) is 10.8. The van der Waals surface area contributed by atoms with Gasteiger partial charge in [-0.3, -0.25) is 0 Å². The first-order valence-corrected chi connectivity index (χ1v) is 9.02. The summed E-state index contributed by atoms with van der Waals surface area (Å²) in [6, 6.07) is 3.75. The maximum Gasteiger partial charge on any atom is 0.410 e. The third kappa shape index (κ3) is 4.24. The Kier molecular flexibility index (Phi) is 4.66. The molecule has 3 rings (SSSR count). The minimum atomic E-state index is -0.441. The molecule has 1 saturated heterocycles. The van der Waals surface area contributed by atoms with Gasteiger partial charge < -0.3 is 14.4 Å². The van der Waals surface area contributed by atoms with E-state index in [-0.39, 0.29) is 12.2 Å². The maximum absolute atomic E-state index is 12.2. The number of aromatic nitrogens is 2. The molecule has 1 aromatic rings. The zero-order valence-corrected chi connectivity index (χ0v) is 15.8. The number of halogens is 1. The summed E-state index contributed by atoms with van der Waals surface area (Å²) in [5.41, 5.74) is -0.441. The molecule has 1 amide bonds. The molecule has 0 N–H and O–H groups in total. The maximum atomic E-state index is 12.2. The van der Waals surface area contributed by atoms with Gasteiger partial charge in [-0.2, -0.15) is 0 Å². The van der Waals surface area contributed by atoms with Gasteiger partial charge in [-0.05, 0) is 74.1 Å². The highest BCUT2D eigenvalue weighted by Crippen LogP contribution is 2.39. The van der Waals surface area contributed by atoms with Crippen molar-refractivity contribution in [1.82, 2.24) is 15.1 Å². The van der Waals surface area contributed by atoms with Crippen LogP contribution in [0.5, 0.6) is 5.88 Å². The van der Waals surface area contributed by atoms with E-state index >= 15 is 0 Å². The number of fused-ring (bicyclic) bond motifs is 1. The van der Waals surface area contributed by atoms with Crippen LogP contribution in [0.3, 0.4) is 0 Å². The van der Waals surface area contributed by atoms with Gasteiger partial charge in [0.1, 0.15) is 15.4 Å². The van der Waals surface area contributed by atoms with Crippen LogP contribution < -0.4 is 4.74 Å². The Morgan fingerprint density at radius 2 is 1.87 bits per heavy atom. The van der Waals surface area contributed by atoms with Gasteiger partial charge in [0.05, 0.1) is 0 Å². The van der Waals surface area contributed by atoms with Crippen LogP contribution in [0.1, 0.15) is 33.6 Å². The third-order valence-corrected chi connectivity index (χ3v) is 4.83. The van der Waals surface area contributed by atoms with Crippen molar-refractivity contribution in [3.63, 3.8) is 0 Å². The molecule has 7 heteroatoms. The number of hydrogen-bond acceptors (Lipinski definition) is 5. The molecular weight excluding hydrogens is 409 g/mol. The molecule has 0 unspecified atom stereocenters. The van der Waals surface area contributed by atoms with Crippen molar-refractivity contribution in [3.05, 3.63) is 15.8 Å². The Morgan fingerprint density at radius 3 is 2.39 bits per heavy atom. The molecule has 0 aromatic carbocycles. The Labute approximate surface area is 150 Å². The number of hydrogen-bond donors (Lipinski definition) is 0. The van der Waals surface area contributed by atoms with Gasteiger partial charge in [0.25, 0.3) is 0 Å². The lowest BCUT2D eigenvalue weighted by atomic mass is 10.0. The SMILES string of the molecule is CC(C)(C)OC(=O)N1C[C@H]2C[C@H](Oc3ccc(I)nn3)C[C@H]2C1. The van der Waals surface area contributed by atoms with Crippen molar-refractivity contribution in [3.8, 4) is 5.88 Å². The molecule has 3 atom stereocenters. The summed E-state index contributed by atoms with van der Waals surface area (Å²) < 4.78 is 12.2. The predicted octanol–water partition coefficient (Wildman–Crippen LogP) is 3.11. The van der Waals surface area contributed by atoms with Crippen molar-refractivity contribution in [1.29, 1.82) is 0 Å². The van der Waals surface area contributed by atoms with Crippen LogP contribution in [0.25, 0.3) is 0 Å². The summed E-state index contributed by atoms with van der Waals surface area (Å²) >= 11 is 2.12. The Morgan fingerprint density at radius 1 is 1.22 bits per heavy atom. The first-order valence-electron chi connectivity index (χ1n) is 7.94. The highest BCUT2D eigenvalue weighted by atomic mass is 127. The molecule has 2 aliphatic rings. The minimum absolute atomic E-state index is 0.167. The number of carbonyl (C=O) groups is 1. The zero-order valence-electron chi connectivity index (χ0n) is 13.7. The molecule has 0 spiro atoms. The van der Waals surface area contributed by atoms with Crippen molar-refractivity contribution < 1.29 is 14.3 Å². The third-order valence-electron chi connectivity index (χ3n) is 4.25. The quantitative estimate of drug-likeness (QED) is 0.674. The monoisotopic (exact) mass is 431 g/mol. The number of ether oxygens (including phenoxy) is 2. The number of rotatable bonds is 2. The number of amides is 1. The predicted molar refractivity (Wildman–Crippen MR) is 93.2 cm³/mol. The molecule has 1 aliphatic carbocycles. The van der Waals surface area contributed by atoms with E-state index in [9.17, 15) is 4.79 Å². The molecule has 2 fully saturated rings. The highest BCUT2D eigenvalue weighted by Gasteiger charge is 2.44. The number of likely N-dealkylation sites (tertiary alicyclic amines) is 1. The van der Waals surface area contributed by atoms with Crippen LogP contribution in [0.4, 0.5) is 4.79 Å². The van der Waals surface area contributed by atoms with Crippen LogP contribution in [0, 0.1) is 15.5 Å². The average Bonchev–Trinajstić information content (AvgIpc) is 2.97. The molecule has 23 heavy (non-hydrogen) atoms. The van der Waals surface area contributed by atoms with E-state index in [0.717, 1.165) is 29.6 Å². The van der Waals surface area contributed by atoms with E-state index in [1.54, 1.807) is 0 Å². The van der Waals surface area contributed by atoms with E-state index in [1.807, 2.05) is 37.8 Å². The van der Waals surface area contributed by atoms with Gasteiger partial charge in [0.15, 0.2) is 0 Å². The van der Waals surface area contributed by atoms with Crippen LogP contribution in [0.2, 0.25) is 0 Å². The average molecular weight is 431 g/mol. The van der Waals surface area contributed by atoms with Gasteiger partial charge in [0, 0.05) is 19.2 Å². The van der Waals surface area contributed by atoms with Crippen LogP contribution in [0.15, 0.2) is 12.1 Å². The summed E-state index contributed by atoms with van der Waals surface area (Å²) in [5.74, 6) is 1.56. The molecule has 1 saturated carbocycles. The van der Waals surface area contributed by atoms with Gasteiger partial charge in [0.2, 0.25) is 5.88 Å². The van der Waals surface area contributed by atoms with Gasteiger partial charge in [-0.1, -0.05) is 0 Å². The van der Waals surface area contributed by atoms with E-state index in [4.69, 9.17) is 9.47 Å². The second-order valence-electron chi connectivity index (χ2n) is 7.31. The molecule has 126 valence electrons. The highest BCUT2D eigenvalue weighted by molar-refractivity contribution is 14.1. The molecule has 0 bridgehead atoms. The van der Waals surface area contributed by atoms with Gasteiger partial charge >= 0.3 is 6.09 Å².